The molecule has 0 fully saturated rings. The second-order valence-electron chi connectivity index (χ2n) is 6.07. The van der Waals surface area contributed by atoms with Crippen molar-refractivity contribution in [3.05, 3.63) is 148 Å². The summed E-state index contributed by atoms with van der Waals surface area (Å²) in [6, 6.07) is 40.9. The largest absolute Gasteiger partial charge is 0.0985 e. The van der Waals surface area contributed by atoms with Gasteiger partial charge in [-0.1, -0.05) is 134 Å². The van der Waals surface area contributed by atoms with Crippen LogP contribution < -0.4 is 0 Å². The van der Waals surface area contributed by atoms with E-state index < -0.39 is 0 Å². The van der Waals surface area contributed by atoms with Crippen molar-refractivity contribution in [3.63, 3.8) is 0 Å². The Labute approximate surface area is 188 Å². The van der Waals surface area contributed by atoms with E-state index in [-0.39, 0.29) is 0 Å². The number of hydrogen-bond acceptors (Lipinski definition) is 0. The molecule has 0 bridgehead atoms. The molecule has 0 amide bonds. The van der Waals surface area contributed by atoms with Crippen LogP contribution in [0.25, 0.3) is 18.2 Å². The number of hydrogen-bond donors (Lipinski definition) is 0. The summed E-state index contributed by atoms with van der Waals surface area (Å²) < 4.78 is 1.29. The Morgan fingerprint density at radius 2 is 0.759 bits per heavy atom. The third-order valence-corrected chi connectivity index (χ3v) is 4.55. The highest BCUT2D eigenvalue weighted by Gasteiger charge is 1.84. The van der Waals surface area contributed by atoms with Crippen LogP contribution in [0.1, 0.15) is 16.7 Å². The molecule has 0 saturated heterocycles. The lowest BCUT2D eigenvalue weighted by atomic mass is 10.1. The standard InChI is InChI=1S/C14H12.C8H8.C6H5I/c1-3-7-13(8-4-1)11-12-14-9-5-2-6-10-14;1-2-8-6-4-3-5-7-8;7-6-4-2-1-3-5-6/h1-12H;2-7H,1H2;1-5H/b12-11+;;. The molecule has 0 aliphatic rings. The maximum absolute atomic E-state index is 3.63. The summed E-state index contributed by atoms with van der Waals surface area (Å²) in [5.74, 6) is 0. The Balaban J connectivity index is 0.000000170. The molecule has 0 aliphatic carbocycles. The van der Waals surface area contributed by atoms with Gasteiger partial charge in [-0.05, 0) is 51.4 Å². The lowest BCUT2D eigenvalue weighted by molar-refractivity contribution is 1.65. The SMILES string of the molecule is C(=C\c1ccccc1)/c1ccccc1.C=Cc1ccccc1.Ic1ccccc1. The van der Waals surface area contributed by atoms with Crippen molar-refractivity contribution >= 4 is 40.8 Å². The molecule has 1 heteroatoms. The van der Waals surface area contributed by atoms with Gasteiger partial charge >= 0.3 is 0 Å². The van der Waals surface area contributed by atoms with E-state index in [2.05, 4.69) is 77.7 Å². The van der Waals surface area contributed by atoms with Gasteiger partial charge in [0.15, 0.2) is 0 Å². The smallest absolute Gasteiger partial charge is 0.0130 e. The molecule has 0 aromatic heterocycles. The molecule has 29 heavy (non-hydrogen) atoms. The summed E-state index contributed by atoms with van der Waals surface area (Å²) in [6.45, 7) is 3.63. The fraction of sp³-hybridized carbons (Fsp3) is 0. The Hall–Kier alpha value is -2.91. The van der Waals surface area contributed by atoms with Crippen molar-refractivity contribution in [3.8, 4) is 0 Å². The van der Waals surface area contributed by atoms with Crippen LogP contribution in [-0.4, -0.2) is 0 Å². The molecule has 4 aromatic carbocycles. The van der Waals surface area contributed by atoms with Crippen LogP contribution in [-0.2, 0) is 0 Å². The average molecular weight is 488 g/mol. The normalized spacial score (nSPS) is 9.55. The summed E-state index contributed by atoms with van der Waals surface area (Å²) in [7, 11) is 0. The first kappa shape index (κ1) is 22.4. The van der Waals surface area contributed by atoms with Gasteiger partial charge in [-0.3, -0.25) is 0 Å². The molecule has 0 nitrogen and oxygen atoms in total. The molecular formula is C28H25I. The summed E-state index contributed by atoms with van der Waals surface area (Å²) in [5, 5.41) is 0. The molecular weight excluding hydrogens is 463 g/mol. The molecule has 0 unspecified atom stereocenters. The number of rotatable bonds is 3. The lowest BCUT2D eigenvalue weighted by Crippen LogP contribution is -1.70. The quantitative estimate of drug-likeness (QED) is 0.200. The van der Waals surface area contributed by atoms with Crippen molar-refractivity contribution in [2.24, 2.45) is 0 Å². The van der Waals surface area contributed by atoms with Crippen LogP contribution in [0, 0.1) is 3.57 Å². The van der Waals surface area contributed by atoms with Crippen molar-refractivity contribution in [2.75, 3.05) is 0 Å². The van der Waals surface area contributed by atoms with Gasteiger partial charge in [0, 0.05) is 3.57 Å². The third kappa shape index (κ3) is 10.3. The highest BCUT2D eigenvalue weighted by molar-refractivity contribution is 14.1. The van der Waals surface area contributed by atoms with E-state index in [4.69, 9.17) is 0 Å². The molecule has 0 N–H and O–H groups in total. The van der Waals surface area contributed by atoms with Gasteiger partial charge in [0.25, 0.3) is 0 Å². The predicted molar refractivity (Wildman–Crippen MR) is 138 cm³/mol. The fourth-order valence-electron chi connectivity index (χ4n) is 2.32. The molecule has 0 aliphatic heterocycles. The second kappa shape index (κ2) is 14.1. The van der Waals surface area contributed by atoms with Gasteiger partial charge in [-0.2, -0.15) is 0 Å². The first-order valence-electron chi connectivity index (χ1n) is 9.44. The van der Waals surface area contributed by atoms with Crippen LogP contribution in [0.4, 0.5) is 0 Å². The molecule has 0 heterocycles. The van der Waals surface area contributed by atoms with E-state index in [9.17, 15) is 0 Å². The van der Waals surface area contributed by atoms with Gasteiger partial charge in [0.2, 0.25) is 0 Å². The minimum Gasteiger partial charge on any atom is -0.0985 e. The van der Waals surface area contributed by atoms with Crippen LogP contribution in [0.3, 0.4) is 0 Å². The van der Waals surface area contributed by atoms with E-state index in [1.54, 1.807) is 0 Å². The highest BCUT2D eigenvalue weighted by Crippen LogP contribution is 2.07. The highest BCUT2D eigenvalue weighted by atomic mass is 127. The summed E-state index contributed by atoms with van der Waals surface area (Å²) >= 11 is 2.28. The van der Waals surface area contributed by atoms with Crippen molar-refractivity contribution in [1.29, 1.82) is 0 Å². The summed E-state index contributed by atoms with van der Waals surface area (Å²) in [6.07, 6.45) is 6.07. The predicted octanol–water partition coefficient (Wildman–Crippen LogP) is 8.48. The minimum absolute atomic E-state index is 1.17. The first-order valence-corrected chi connectivity index (χ1v) is 10.5. The minimum atomic E-state index is 1.17. The van der Waals surface area contributed by atoms with Crippen molar-refractivity contribution in [1.82, 2.24) is 0 Å². The monoisotopic (exact) mass is 488 g/mol. The van der Waals surface area contributed by atoms with E-state index in [0.717, 1.165) is 0 Å². The Bertz CT molecular complexity index is 903. The van der Waals surface area contributed by atoms with Gasteiger partial charge in [-0.25, -0.2) is 0 Å². The maximum Gasteiger partial charge on any atom is 0.0130 e. The first-order chi connectivity index (χ1) is 14.3. The van der Waals surface area contributed by atoms with E-state index in [1.165, 1.54) is 20.3 Å². The summed E-state index contributed by atoms with van der Waals surface area (Å²) in [4.78, 5) is 0. The number of halogens is 1. The molecule has 0 radical (unpaired) electrons. The average Bonchev–Trinajstić information content (AvgIpc) is 2.81. The van der Waals surface area contributed by atoms with Crippen LogP contribution in [0.2, 0.25) is 0 Å². The fourth-order valence-corrected chi connectivity index (χ4v) is 2.74. The number of benzene rings is 4. The van der Waals surface area contributed by atoms with Gasteiger partial charge < -0.3 is 0 Å². The second-order valence-corrected chi connectivity index (χ2v) is 7.31. The van der Waals surface area contributed by atoms with E-state index in [1.807, 2.05) is 91.0 Å². The van der Waals surface area contributed by atoms with Crippen LogP contribution >= 0.6 is 22.6 Å². The third-order valence-electron chi connectivity index (χ3n) is 3.84. The molecule has 144 valence electrons. The van der Waals surface area contributed by atoms with Crippen LogP contribution in [0.5, 0.6) is 0 Å². The Morgan fingerprint density at radius 3 is 1.00 bits per heavy atom. The van der Waals surface area contributed by atoms with E-state index in [0.29, 0.717) is 0 Å². The van der Waals surface area contributed by atoms with E-state index >= 15 is 0 Å². The Morgan fingerprint density at radius 1 is 0.448 bits per heavy atom. The summed E-state index contributed by atoms with van der Waals surface area (Å²) in [5.41, 5.74) is 3.64. The zero-order chi connectivity index (χ0) is 20.6. The molecule has 0 atom stereocenters. The molecule has 4 rings (SSSR count). The zero-order valence-electron chi connectivity index (χ0n) is 16.4. The lowest BCUT2D eigenvalue weighted by Gasteiger charge is -1.92. The molecule has 0 spiro atoms. The molecule has 4 aromatic rings. The van der Waals surface area contributed by atoms with Gasteiger partial charge in [0.05, 0.1) is 0 Å². The van der Waals surface area contributed by atoms with Crippen molar-refractivity contribution < 1.29 is 0 Å². The zero-order valence-corrected chi connectivity index (χ0v) is 18.5. The van der Waals surface area contributed by atoms with Gasteiger partial charge in [0.1, 0.15) is 0 Å². The van der Waals surface area contributed by atoms with Gasteiger partial charge in [-0.15, -0.1) is 0 Å². The van der Waals surface area contributed by atoms with Crippen LogP contribution in [0.15, 0.2) is 128 Å². The van der Waals surface area contributed by atoms with Crippen molar-refractivity contribution in [2.45, 2.75) is 0 Å². The maximum atomic E-state index is 3.63. The molecule has 0 saturated carbocycles. The topological polar surface area (TPSA) is 0 Å². The Kier molecular flexibility index (Phi) is 10.9.